The van der Waals surface area contributed by atoms with Crippen molar-refractivity contribution >= 4 is 5.97 Å². The normalized spacial score (nSPS) is 31.9. The van der Waals surface area contributed by atoms with E-state index in [4.69, 9.17) is 9.84 Å². The van der Waals surface area contributed by atoms with Gasteiger partial charge in [-0.05, 0) is 30.6 Å². The smallest absolute Gasteiger partial charge is 0.329 e. The molecule has 88 valence electrons. The summed E-state index contributed by atoms with van der Waals surface area (Å²) in [6.07, 6.45) is 3.57. The number of carboxylic acids is 1. The molecule has 0 aromatic carbocycles. The number of aliphatic carboxylic acids is 1. The Balaban J connectivity index is 2.50. The minimum absolute atomic E-state index is 0.143. The van der Waals surface area contributed by atoms with Crippen molar-refractivity contribution in [2.75, 3.05) is 6.61 Å². The van der Waals surface area contributed by atoms with Gasteiger partial charge in [0.1, 0.15) is 6.61 Å². The van der Waals surface area contributed by atoms with Crippen LogP contribution in [0, 0.1) is 17.8 Å². The fraction of sp³-hybridized carbons (Fsp3) is 0.917. The second kappa shape index (κ2) is 5.50. The summed E-state index contributed by atoms with van der Waals surface area (Å²) in [7, 11) is 0. The van der Waals surface area contributed by atoms with E-state index in [0.717, 1.165) is 6.42 Å². The molecule has 0 heterocycles. The maximum atomic E-state index is 10.5. The van der Waals surface area contributed by atoms with Crippen molar-refractivity contribution in [2.24, 2.45) is 17.8 Å². The third-order valence-corrected chi connectivity index (χ3v) is 3.38. The van der Waals surface area contributed by atoms with E-state index in [1.807, 2.05) is 0 Å². The van der Waals surface area contributed by atoms with Crippen LogP contribution in [0.1, 0.15) is 40.0 Å². The first-order valence-corrected chi connectivity index (χ1v) is 5.84. The molecule has 0 aromatic rings. The van der Waals surface area contributed by atoms with E-state index in [2.05, 4.69) is 20.8 Å². The van der Waals surface area contributed by atoms with Gasteiger partial charge in [-0.1, -0.05) is 27.2 Å². The average Bonchev–Trinajstić information content (AvgIpc) is 2.14. The van der Waals surface area contributed by atoms with E-state index < -0.39 is 5.97 Å². The van der Waals surface area contributed by atoms with Gasteiger partial charge in [0.2, 0.25) is 0 Å². The lowest BCUT2D eigenvalue weighted by Gasteiger charge is -2.36. The molecule has 2 unspecified atom stereocenters. The van der Waals surface area contributed by atoms with Gasteiger partial charge in [-0.25, -0.2) is 4.79 Å². The van der Waals surface area contributed by atoms with Crippen LogP contribution in [-0.4, -0.2) is 23.8 Å². The van der Waals surface area contributed by atoms with Crippen LogP contribution < -0.4 is 0 Å². The molecule has 1 saturated carbocycles. The Bertz CT molecular complexity index is 213. The second-order valence-corrected chi connectivity index (χ2v) is 5.07. The molecule has 0 aromatic heterocycles. The average molecular weight is 214 g/mol. The summed E-state index contributed by atoms with van der Waals surface area (Å²) in [5.41, 5.74) is 0. The van der Waals surface area contributed by atoms with Crippen molar-refractivity contribution < 1.29 is 14.6 Å². The van der Waals surface area contributed by atoms with Gasteiger partial charge in [-0.15, -0.1) is 0 Å². The summed E-state index contributed by atoms with van der Waals surface area (Å²) in [4.78, 5) is 10.5. The number of carbonyl (C=O) groups is 1. The maximum Gasteiger partial charge on any atom is 0.329 e. The molecule has 1 fully saturated rings. The highest BCUT2D eigenvalue weighted by molar-refractivity contribution is 5.68. The fourth-order valence-electron chi connectivity index (χ4n) is 2.48. The summed E-state index contributed by atoms with van der Waals surface area (Å²) < 4.78 is 5.49. The highest BCUT2D eigenvalue weighted by atomic mass is 16.5. The van der Waals surface area contributed by atoms with E-state index in [1.165, 1.54) is 12.8 Å². The highest BCUT2D eigenvalue weighted by Crippen LogP contribution is 2.35. The summed E-state index contributed by atoms with van der Waals surface area (Å²) in [6, 6.07) is 0. The lowest BCUT2D eigenvalue weighted by Crippen LogP contribution is -2.35. The van der Waals surface area contributed by atoms with Crippen LogP contribution in [-0.2, 0) is 9.53 Å². The quantitative estimate of drug-likeness (QED) is 0.782. The lowest BCUT2D eigenvalue weighted by molar-refractivity contribution is -0.147. The van der Waals surface area contributed by atoms with E-state index in [0.29, 0.717) is 17.8 Å². The van der Waals surface area contributed by atoms with E-state index in [-0.39, 0.29) is 12.7 Å². The van der Waals surface area contributed by atoms with Crippen molar-refractivity contribution in [3.8, 4) is 0 Å². The molecule has 15 heavy (non-hydrogen) atoms. The minimum atomic E-state index is -0.865. The van der Waals surface area contributed by atoms with Crippen LogP contribution in [0.15, 0.2) is 0 Å². The molecule has 0 spiro atoms. The van der Waals surface area contributed by atoms with Gasteiger partial charge in [-0.2, -0.15) is 0 Å². The third-order valence-electron chi connectivity index (χ3n) is 3.38. The van der Waals surface area contributed by atoms with Gasteiger partial charge in [-0.3, -0.25) is 0 Å². The van der Waals surface area contributed by atoms with Crippen LogP contribution in [0.25, 0.3) is 0 Å². The molecule has 3 nitrogen and oxygen atoms in total. The van der Waals surface area contributed by atoms with Gasteiger partial charge >= 0.3 is 5.97 Å². The summed E-state index contributed by atoms with van der Waals surface area (Å²) in [6.45, 7) is 6.45. The van der Waals surface area contributed by atoms with Crippen molar-refractivity contribution in [3.63, 3.8) is 0 Å². The molecular formula is C12H22O3. The van der Waals surface area contributed by atoms with Crippen LogP contribution in [0.2, 0.25) is 0 Å². The second-order valence-electron chi connectivity index (χ2n) is 5.07. The fourth-order valence-corrected chi connectivity index (χ4v) is 2.48. The zero-order valence-electron chi connectivity index (χ0n) is 9.90. The van der Waals surface area contributed by atoms with Crippen LogP contribution in [0.3, 0.4) is 0 Å². The topological polar surface area (TPSA) is 46.5 Å². The number of hydrogen-bond donors (Lipinski definition) is 1. The summed E-state index contributed by atoms with van der Waals surface area (Å²) in [5, 5.41) is 8.61. The third kappa shape index (κ3) is 3.82. The summed E-state index contributed by atoms with van der Waals surface area (Å²) >= 11 is 0. The molecule has 1 rings (SSSR count). The van der Waals surface area contributed by atoms with Gasteiger partial charge in [0.15, 0.2) is 0 Å². The van der Waals surface area contributed by atoms with Crippen LogP contribution >= 0.6 is 0 Å². The van der Waals surface area contributed by atoms with Crippen molar-refractivity contribution in [1.29, 1.82) is 0 Å². The lowest BCUT2D eigenvalue weighted by atomic mass is 9.75. The SMILES string of the molecule is CC(C)C1CC[C@H](C)CC1OCC(=O)O. The standard InChI is InChI=1S/C12H22O3/c1-8(2)10-5-4-9(3)6-11(10)15-7-12(13)14/h8-11H,4-7H2,1-3H3,(H,13,14)/t9-,10?,11?/m0/s1. The van der Waals surface area contributed by atoms with Gasteiger partial charge in [0.25, 0.3) is 0 Å². The molecule has 0 amide bonds. The van der Waals surface area contributed by atoms with Crippen LogP contribution in [0.4, 0.5) is 0 Å². The molecule has 0 saturated heterocycles. The first kappa shape index (κ1) is 12.5. The minimum Gasteiger partial charge on any atom is -0.480 e. The van der Waals surface area contributed by atoms with E-state index >= 15 is 0 Å². The monoisotopic (exact) mass is 214 g/mol. The molecule has 1 aliphatic rings. The molecule has 0 aliphatic heterocycles. The highest BCUT2D eigenvalue weighted by Gasteiger charge is 2.31. The van der Waals surface area contributed by atoms with Gasteiger partial charge in [0.05, 0.1) is 6.10 Å². The number of ether oxygens (including phenoxy) is 1. The van der Waals surface area contributed by atoms with Crippen molar-refractivity contribution in [3.05, 3.63) is 0 Å². The van der Waals surface area contributed by atoms with Crippen molar-refractivity contribution in [1.82, 2.24) is 0 Å². The molecular weight excluding hydrogens is 192 g/mol. The number of carboxylic acid groups (broad SMARTS) is 1. The van der Waals surface area contributed by atoms with Gasteiger partial charge < -0.3 is 9.84 Å². The van der Waals surface area contributed by atoms with E-state index in [9.17, 15) is 4.79 Å². The molecule has 1 aliphatic carbocycles. The number of hydrogen-bond acceptors (Lipinski definition) is 2. The van der Waals surface area contributed by atoms with Gasteiger partial charge in [0, 0.05) is 0 Å². The number of rotatable bonds is 4. The molecule has 0 radical (unpaired) electrons. The molecule has 1 N–H and O–H groups in total. The Morgan fingerprint density at radius 3 is 2.67 bits per heavy atom. The van der Waals surface area contributed by atoms with E-state index in [1.54, 1.807) is 0 Å². The first-order chi connectivity index (χ1) is 7.00. The Kier molecular flexibility index (Phi) is 4.58. The zero-order valence-corrected chi connectivity index (χ0v) is 9.90. The largest absolute Gasteiger partial charge is 0.480 e. The van der Waals surface area contributed by atoms with Crippen LogP contribution in [0.5, 0.6) is 0 Å². The summed E-state index contributed by atoms with van der Waals surface area (Å²) in [5.74, 6) is 0.909. The zero-order chi connectivity index (χ0) is 11.4. The molecule has 3 atom stereocenters. The first-order valence-electron chi connectivity index (χ1n) is 5.84. The molecule has 3 heteroatoms. The maximum absolute atomic E-state index is 10.5. The van der Waals surface area contributed by atoms with Crippen molar-refractivity contribution in [2.45, 2.75) is 46.1 Å². The Morgan fingerprint density at radius 2 is 2.13 bits per heavy atom. The Hall–Kier alpha value is -0.570. The Labute approximate surface area is 91.8 Å². The molecule has 0 bridgehead atoms. The predicted molar refractivity (Wildman–Crippen MR) is 58.7 cm³/mol. The Morgan fingerprint density at radius 1 is 1.47 bits per heavy atom. The predicted octanol–water partition coefficient (Wildman–Crippen LogP) is 2.55.